The molecular formula is C12H18N4. The van der Waals surface area contributed by atoms with Crippen LogP contribution in [-0.4, -0.2) is 41.0 Å². The van der Waals surface area contributed by atoms with Crippen LogP contribution in [-0.2, 0) is 11.8 Å². The fourth-order valence-electron chi connectivity index (χ4n) is 3.14. The average molecular weight is 218 g/mol. The Balaban J connectivity index is 2.01. The summed E-state index contributed by atoms with van der Waals surface area (Å²) >= 11 is 0. The molecule has 0 aromatic carbocycles. The van der Waals surface area contributed by atoms with Gasteiger partial charge in [0, 0.05) is 30.3 Å². The summed E-state index contributed by atoms with van der Waals surface area (Å²) in [5.41, 5.74) is 8.75. The standard InChI is InChI=1S/C12H18N4/c1-16-6-2-12(3-7-16)10(13)8-9-11(12)15-5-4-14-9/h4-5,10H,2-3,6-8,13H2,1H3. The third kappa shape index (κ3) is 1.30. The summed E-state index contributed by atoms with van der Waals surface area (Å²) in [5.74, 6) is 0. The summed E-state index contributed by atoms with van der Waals surface area (Å²) in [5, 5.41) is 0. The first-order valence-electron chi connectivity index (χ1n) is 5.97. The van der Waals surface area contributed by atoms with E-state index in [1.165, 1.54) is 5.69 Å². The van der Waals surface area contributed by atoms with Gasteiger partial charge in [-0.2, -0.15) is 0 Å². The lowest BCUT2D eigenvalue weighted by molar-refractivity contribution is 0.169. The molecule has 1 spiro atoms. The van der Waals surface area contributed by atoms with Gasteiger partial charge in [-0.3, -0.25) is 9.97 Å². The van der Waals surface area contributed by atoms with E-state index in [0.29, 0.717) is 0 Å². The third-order valence-corrected chi connectivity index (χ3v) is 4.25. The van der Waals surface area contributed by atoms with Crippen LogP contribution in [0.4, 0.5) is 0 Å². The van der Waals surface area contributed by atoms with Crippen LogP contribution in [0.5, 0.6) is 0 Å². The smallest absolute Gasteiger partial charge is 0.0697 e. The van der Waals surface area contributed by atoms with Crippen LogP contribution in [0.2, 0.25) is 0 Å². The Kier molecular flexibility index (Phi) is 2.23. The molecule has 1 aliphatic heterocycles. The lowest BCUT2D eigenvalue weighted by Gasteiger charge is -2.40. The molecule has 1 saturated heterocycles. The SMILES string of the molecule is CN1CCC2(CC1)c1nccnc1CC2N. The molecule has 0 amide bonds. The fraction of sp³-hybridized carbons (Fsp3) is 0.667. The minimum Gasteiger partial charge on any atom is -0.326 e. The van der Waals surface area contributed by atoms with Crippen LogP contribution in [0.25, 0.3) is 0 Å². The van der Waals surface area contributed by atoms with Gasteiger partial charge in [0.1, 0.15) is 0 Å². The van der Waals surface area contributed by atoms with Gasteiger partial charge in [-0.25, -0.2) is 0 Å². The Morgan fingerprint density at radius 1 is 1.31 bits per heavy atom. The first kappa shape index (κ1) is 10.2. The predicted octanol–water partition coefficient (Wildman–Crippen LogP) is 0.323. The fourth-order valence-corrected chi connectivity index (χ4v) is 3.14. The van der Waals surface area contributed by atoms with Crippen molar-refractivity contribution in [3.63, 3.8) is 0 Å². The molecule has 2 aliphatic rings. The van der Waals surface area contributed by atoms with Crippen molar-refractivity contribution in [1.29, 1.82) is 0 Å². The maximum atomic E-state index is 6.34. The molecule has 0 bridgehead atoms. The van der Waals surface area contributed by atoms with Crippen LogP contribution in [0.15, 0.2) is 12.4 Å². The van der Waals surface area contributed by atoms with Gasteiger partial charge in [-0.05, 0) is 33.0 Å². The van der Waals surface area contributed by atoms with E-state index in [-0.39, 0.29) is 11.5 Å². The number of rotatable bonds is 0. The summed E-state index contributed by atoms with van der Waals surface area (Å²) in [6.45, 7) is 2.23. The molecule has 86 valence electrons. The molecule has 1 atom stereocenters. The molecule has 0 radical (unpaired) electrons. The van der Waals surface area contributed by atoms with Crippen LogP contribution < -0.4 is 5.73 Å². The summed E-state index contributed by atoms with van der Waals surface area (Å²) in [4.78, 5) is 11.3. The predicted molar refractivity (Wildman–Crippen MR) is 62.1 cm³/mol. The van der Waals surface area contributed by atoms with Crippen molar-refractivity contribution in [3.05, 3.63) is 23.8 Å². The number of hydrogen-bond donors (Lipinski definition) is 1. The van der Waals surface area contributed by atoms with Crippen molar-refractivity contribution in [1.82, 2.24) is 14.9 Å². The zero-order chi connectivity index (χ0) is 11.2. The Morgan fingerprint density at radius 2 is 2.00 bits per heavy atom. The third-order valence-electron chi connectivity index (χ3n) is 4.25. The monoisotopic (exact) mass is 218 g/mol. The highest BCUT2D eigenvalue weighted by molar-refractivity contribution is 5.33. The summed E-state index contributed by atoms with van der Waals surface area (Å²) in [7, 11) is 2.17. The highest BCUT2D eigenvalue weighted by atomic mass is 15.1. The van der Waals surface area contributed by atoms with Gasteiger partial charge in [0.2, 0.25) is 0 Å². The molecule has 2 heterocycles. The van der Waals surface area contributed by atoms with Gasteiger partial charge in [-0.15, -0.1) is 0 Å². The molecule has 2 N–H and O–H groups in total. The second kappa shape index (κ2) is 3.50. The van der Waals surface area contributed by atoms with E-state index in [2.05, 4.69) is 21.9 Å². The summed E-state index contributed by atoms with van der Waals surface area (Å²) in [6, 6.07) is 0.207. The second-order valence-electron chi connectivity index (χ2n) is 5.12. The quantitative estimate of drug-likeness (QED) is 0.681. The summed E-state index contributed by atoms with van der Waals surface area (Å²) in [6.07, 6.45) is 6.72. The maximum absolute atomic E-state index is 6.34. The number of hydrogen-bond acceptors (Lipinski definition) is 4. The molecule has 1 fully saturated rings. The van der Waals surface area contributed by atoms with Crippen LogP contribution in [0, 0.1) is 0 Å². The Morgan fingerprint density at radius 3 is 2.75 bits per heavy atom. The van der Waals surface area contributed by atoms with Crippen LogP contribution >= 0.6 is 0 Å². The zero-order valence-corrected chi connectivity index (χ0v) is 9.69. The largest absolute Gasteiger partial charge is 0.326 e. The van der Waals surface area contributed by atoms with Crippen molar-refractivity contribution < 1.29 is 0 Å². The summed E-state index contributed by atoms with van der Waals surface area (Å²) < 4.78 is 0. The molecule has 1 aliphatic carbocycles. The molecule has 16 heavy (non-hydrogen) atoms. The molecule has 1 aromatic heterocycles. The highest BCUT2D eigenvalue weighted by Crippen LogP contribution is 2.43. The first-order valence-corrected chi connectivity index (χ1v) is 5.97. The Hall–Kier alpha value is -1.00. The maximum Gasteiger partial charge on any atom is 0.0697 e. The van der Waals surface area contributed by atoms with Crippen LogP contribution in [0.3, 0.4) is 0 Å². The topological polar surface area (TPSA) is 55.0 Å². The minimum atomic E-state index is 0.107. The van der Waals surface area contributed by atoms with E-state index in [4.69, 9.17) is 5.73 Å². The van der Waals surface area contributed by atoms with E-state index in [9.17, 15) is 0 Å². The molecule has 1 unspecified atom stereocenters. The number of nitrogens with two attached hydrogens (primary N) is 1. The van der Waals surface area contributed by atoms with Crippen molar-refractivity contribution in [2.45, 2.75) is 30.7 Å². The van der Waals surface area contributed by atoms with Crippen molar-refractivity contribution >= 4 is 0 Å². The van der Waals surface area contributed by atoms with Gasteiger partial charge < -0.3 is 10.6 Å². The highest BCUT2D eigenvalue weighted by Gasteiger charge is 2.48. The van der Waals surface area contributed by atoms with E-state index in [1.54, 1.807) is 12.4 Å². The lowest BCUT2D eigenvalue weighted by atomic mass is 9.73. The van der Waals surface area contributed by atoms with Crippen molar-refractivity contribution in [2.75, 3.05) is 20.1 Å². The molecule has 1 aromatic rings. The van der Waals surface area contributed by atoms with E-state index < -0.39 is 0 Å². The van der Waals surface area contributed by atoms with Gasteiger partial charge in [0.25, 0.3) is 0 Å². The molecule has 4 heteroatoms. The first-order chi connectivity index (χ1) is 7.72. The zero-order valence-electron chi connectivity index (χ0n) is 9.69. The van der Waals surface area contributed by atoms with E-state index >= 15 is 0 Å². The number of likely N-dealkylation sites (tertiary alicyclic amines) is 1. The molecule has 0 saturated carbocycles. The van der Waals surface area contributed by atoms with Crippen molar-refractivity contribution in [3.8, 4) is 0 Å². The normalized spacial score (nSPS) is 28.2. The van der Waals surface area contributed by atoms with E-state index in [0.717, 1.165) is 38.0 Å². The average Bonchev–Trinajstić information content (AvgIpc) is 2.57. The minimum absolute atomic E-state index is 0.107. The Bertz CT molecular complexity index is 396. The number of nitrogens with zero attached hydrogens (tertiary/aromatic N) is 3. The van der Waals surface area contributed by atoms with Gasteiger partial charge in [-0.1, -0.05) is 0 Å². The molecule has 4 nitrogen and oxygen atoms in total. The van der Waals surface area contributed by atoms with Gasteiger partial charge in [0.15, 0.2) is 0 Å². The number of fused-ring (bicyclic) bond motifs is 2. The lowest BCUT2D eigenvalue weighted by Crippen LogP contribution is -2.50. The Labute approximate surface area is 95.9 Å². The van der Waals surface area contributed by atoms with Crippen LogP contribution in [0.1, 0.15) is 24.2 Å². The number of piperidine rings is 1. The second-order valence-corrected chi connectivity index (χ2v) is 5.12. The van der Waals surface area contributed by atoms with Gasteiger partial charge in [0.05, 0.1) is 11.4 Å². The van der Waals surface area contributed by atoms with Gasteiger partial charge >= 0.3 is 0 Å². The molecular weight excluding hydrogens is 200 g/mol. The van der Waals surface area contributed by atoms with E-state index in [1.807, 2.05) is 0 Å². The molecule has 3 rings (SSSR count). The number of aromatic nitrogens is 2. The van der Waals surface area contributed by atoms with Crippen molar-refractivity contribution in [2.24, 2.45) is 5.73 Å².